The number of halogens is 1. The number of sulfone groups is 1. The highest BCUT2D eigenvalue weighted by Gasteiger charge is 2.48. The molecule has 2 amide bonds. The van der Waals surface area contributed by atoms with Gasteiger partial charge in [-0.2, -0.15) is 0 Å². The number of amides is 2. The number of hydrogen-bond donors (Lipinski definition) is 0. The van der Waals surface area contributed by atoms with Crippen molar-refractivity contribution < 1.29 is 18.0 Å². The van der Waals surface area contributed by atoms with Crippen LogP contribution in [0, 0.1) is 5.41 Å². The Hall–Kier alpha value is -2.42. The van der Waals surface area contributed by atoms with Crippen molar-refractivity contribution in [2.45, 2.75) is 81.2 Å². The summed E-state index contributed by atoms with van der Waals surface area (Å²) in [4.78, 5) is 34.0. The van der Waals surface area contributed by atoms with E-state index in [9.17, 15) is 18.0 Å². The lowest BCUT2D eigenvalue weighted by molar-refractivity contribution is -0.138. The van der Waals surface area contributed by atoms with Crippen molar-refractivity contribution >= 4 is 34.1 Å². The molecule has 2 aromatic carbocycles. The number of rotatable bonds is 9. The zero-order valence-electron chi connectivity index (χ0n) is 25.0. The molecule has 2 heterocycles. The third-order valence-electron chi connectivity index (χ3n) is 9.84. The predicted octanol–water partition coefficient (Wildman–Crippen LogP) is 5.29. The lowest BCUT2D eigenvalue weighted by Gasteiger charge is -2.39. The molecule has 0 N–H and O–H groups in total. The molecule has 5 rings (SSSR count). The largest absolute Gasteiger partial charge is 0.342 e. The first-order valence-corrected chi connectivity index (χ1v) is 17.2. The minimum atomic E-state index is -3.23. The van der Waals surface area contributed by atoms with Crippen molar-refractivity contribution in [2.24, 2.45) is 5.41 Å². The first kappa shape index (κ1) is 32.5. The summed E-state index contributed by atoms with van der Waals surface area (Å²) in [5.74, 6) is 0.329. The van der Waals surface area contributed by atoms with E-state index in [2.05, 4.69) is 17.0 Å². The van der Waals surface area contributed by atoms with E-state index in [0.717, 1.165) is 75.8 Å². The van der Waals surface area contributed by atoms with Gasteiger partial charge in [0.1, 0.15) is 0 Å². The Morgan fingerprint density at radius 1 is 0.952 bits per heavy atom. The van der Waals surface area contributed by atoms with Gasteiger partial charge in [-0.1, -0.05) is 61.7 Å². The van der Waals surface area contributed by atoms with Crippen LogP contribution in [0.25, 0.3) is 0 Å². The molecule has 0 radical (unpaired) electrons. The van der Waals surface area contributed by atoms with E-state index in [1.165, 1.54) is 25.5 Å². The topological polar surface area (TPSA) is 78.0 Å². The quantitative estimate of drug-likeness (QED) is 0.383. The van der Waals surface area contributed by atoms with E-state index < -0.39 is 9.84 Å². The van der Waals surface area contributed by atoms with E-state index in [1.807, 2.05) is 47.2 Å². The summed E-state index contributed by atoms with van der Waals surface area (Å²) in [5.41, 5.74) is 1.76. The van der Waals surface area contributed by atoms with Crippen molar-refractivity contribution in [1.29, 1.82) is 0 Å². The number of carbonyl (C=O) groups excluding carboxylic acids is 2. The minimum absolute atomic E-state index is 0. The van der Waals surface area contributed by atoms with Gasteiger partial charge < -0.3 is 14.7 Å². The molecule has 1 unspecified atom stereocenters. The highest BCUT2D eigenvalue weighted by Crippen LogP contribution is 2.42. The van der Waals surface area contributed by atoms with Gasteiger partial charge in [-0.25, -0.2) is 8.42 Å². The molecule has 1 spiro atoms. The predicted molar refractivity (Wildman–Crippen MR) is 168 cm³/mol. The van der Waals surface area contributed by atoms with Gasteiger partial charge in [0.15, 0.2) is 9.84 Å². The zero-order chi connectivity index (χ0) is 29.0. The van der Waals surface area contributed by atoms with Crippen LogP contribution in [0.4, 0.5) is 0 Å². The molecule has 2 aromatic rings. The number of likely N-dealkylation sites (N-methyl/N-ethyl adjacent to an activating group) is 1. The monoisotopic (exact) mass is 615 g/mol. The molecule has 3 fully saturated rings. The molecule has 0 aromatic heterocycles. The van der Waals surface area contributed by atoms with Crippen molar-refractivity contribution in [2.75, 3.05) is 39.5 Å². The fraction of sp³-hybridized carbons (Fsp3) is 0.576. The Labute approximate surface area is 258 Å². The van der Waals surface area contributed by atoms with Gasteiger partial charge in [-0.3, -0.25) is 9.59 Å². The van der Waals surface area contributed by atoms with Crippen LogP contribution >= 0.6 is 12.4 Å². The van der Waals surface area contributed by atoms with Crippen molar-refractivity contribution in [3.8, 4) is 0 Å². The van der Waals surface area contributed by atoms with Gasteiger partial charge in [0.05, 0.1) is 16.2 Å². The third-order valence-corrected chi connectivity index (χ3v) is 11.0. The van der Waals surface area contributed by atoms with Crippen LogP contribution in [-0.4, -0.2) is 80.5 Å². The molecule has 1 saturated carbocycles. The van der Waals surface area contributed by atoms with E-state index in [-0.39, 0.29) is 35.6 Å². The second-order valence-electron chi connectivity index (χ2n) is 12.5. The Morgan fingerprint density at radius 2 is 1.57 bits per heavy atom. The highest BCUT2D eigenvalue weighted by molar-refractivity contribution is 7.90. The minimum Gasteiger partial charge on any atom is -0.342 e. The van der Waals surface area contributed by atoms with E-state index in [1.54, 1.807) is 12.1 Å². The Balaban J connectivity index is 0.00000405. The number of benzene rings is 2. The fourth-order valence-electron chi connectivity index (χ4n) is 7.10. The summed E-state index contributed by atoms with van der Waals surface area (Å²) in [7, 11) is -1.24. The maximum Gasteiger partial charge on any atom is 0.230 e. The van der Waals surface area contributed by atoms with Crippen LogP contribution < -0.4 is 0 Å². The van der Waals surface area contributed by atoms with Gasteiger partial charge in [-0.15, -0.1) is 12.4 Å². The Bertz CT molecular complexity index is 1300. The Kier molecular flexibility index (Phi) is 10.8. The third kappa shape index (κ3) is 7.37. The molecular weight excluding hydrogens is 570 g/mol. The number of likely N-dealkylation sites (tertiary alicyclic amines) is 2. The van der Waals surface area contributed by atoms with Crippen LogP contribution in [0.1, 0.15) is 74.8 Å². The van der Waals surface area contributed by atoms with Crippen LogP contribution in [0.3, 0.4) is 0 Å². The van der Waals surface area contributed by atoms with Crippen molar-refractivity contribution in [3.05, 3.63) is 65.7 Å². The van der Waals surface area contributed by atoms with E-state index in [4.69, 9.17) is 0 Å². The lowest BCUT2D eigenvalue weighted by atomic mass is 9.77. The second kappa shape index (κ2) is 13.9. The normalized spacial score (nSPS) is 20.3. The number of piperidine rings is 1. The average Bonchev–Trinajstić information content (AvgIpc) is 3.28. The van der Waals surface area contributed by atoms with Crippen LogP contribution in [0.2, 0.25) is 0 Å². The van der Waals surface area contributed by atoms with E-state index >= 15 is 0 Å². The molecule has 3 aliphatic rings. The summed E-state index contributed by atoms with van der Waals surface area (Å²) in [6.07, 6.45) is 10.5. The number of hydrogen-bond acceptors (Lipinski definition) is 5. The molecular formula is C33H46ClN3O4S. The maximum absolute atomic E-state index is 13.7. The van der Waals surface area contributed by atoms with Gasteiger partial charge in [0, 0.05) is 32.4 Å². The SMILES string of the molecule is CN(C(=O)C(CCN1CCC2(CC1)CCN(Cc1ccc(S(C)(=O)=O)cc1)C2=O)c1ccccc1)C1CCCCC1.Cl. The van der Waals surface area contributed by atoms with Gasteiger partial charge in [0.25, 0.3) is 0 Å². The number of carbonyl (C=O) groups is 2. The van der Waals surface area contributed by atoms with Crippen LogP contribution in [0.5, 0.6) is 0 Å². The van der Waals surface area contributed by atoms with E-state index in [0.29, 0.717) is 17.5 Å². The molecule has 1 aliphatic carbocycles. The summed E-state index contributed by atoms with van der Waals surface area (Å²) in [6, 6.07) is 17.5. The molecule has 0 bridgehead atoms. The van der Waals surface area contributed by atoms with Crippen molar-refractivity contribution in [3.63, 3.8) is 0 Å². The van der Waals surface area contributed by atoms with Crippen molar-refractivity contribution in [1.82, 2.24) is 14.7 Å². The van der Waals surface area contributed by atoms with Gasteiger partial charge in [0.2, 0.25) is 11.8 Å². The first-order valence-electron chi connectivity index (χ1n) is 15.3. The molecule has 2 aliphatic heterocycles. The molecule has 1 atom stereocenters. The smallest absolute Gasteiger partial charge is 0.230 e. The summed E-state index contributed by atoms with van der Waals surface area (Å²) < 4.78 is 23.5. The molecule has 7 nitrogen and oxygen atoms in total. The number of nitrogens with zero attached hydrogens (tertiary/aromatic N) is 3. The first-order chi connectivity index (χ1) is 19.7. The average molecular weight is 616 g/mol. The Morgan fingerprint density at radius 3 is 2.19 bits per heavy atom. The molecule has 9 heteroatoms. The summed E-state index contributed by atoms with van der Waals surface area (Å²) in [6.45, 7) is 3.85. The zero-order valence-corrected chi connectivity index (χ0v) is 26.7. The second-order valence-corrected chi connectivity index (χ2v) is 14.5. The van der Waals surface area contributed by atoms with Crippen LogP contribution in [-0.2, 0) is 26.0 Å². The molecule has 230 valence electrons. The summed E-state index contributed by atoms with van der Waals surface area (Å²) in [5, 5.41) is 0. The molecule has 2 saturated heterocycles. The maximum atomic E-state index is 13.7. The molecule has 42 heavy (non-hydrogen) atoms. The summed E-state index contributed by atoms with van der Waals surface area (Å²) >= 11 is 0. The highest BCUT2D eigenvalue weighted by atomic mass is 35.5. The lowest BCUT2D eigenvalue weighted by Crippen LogP contribution is -2.45. The standard InChI is InChI=1S/C33H45N3O4S.ClH/c1-34(28-11-7-4-8-12-28)31(37)30(27-9-5-3-6-10-27)17-21-35-22-18-33(19-23-35)20-24-36(32(33)38)25-26-13-15-29(16-14-26)41(2,39)40;/h3,5-6,9-10,13-16,28,30H,4,7-8,11-12,17-25H2,1-2H3;1H. The fourth-order valence-corrected chi connectivity index (χ4v) is 7.73. The van der Waals surface area contributed by atoms with Gasteiger partial charge >= 0.3 is 0 Å². The van der Waals surface area contributed by atoms with Crippen LogP contribution in [0.15, 0.2) is 59.5 Å². The van der Waals surface area contributed by atoms with Gasteiger partial charge in [-0.05, 0) is 81.4 Å².